The number of aryl methyl sites for hydroxylation is 1. The molecule has 1 fully saturated rings. The average Bonchev–Trinajstić information content (AvgIpc) is 3.39. The number of rotatable bonds is 8. The number of nitrogens with zero attached hydrogens (tertiary/aromatic N) is 3. The Bertz CT molecular complexity index is 1500. The molecular weight excluding hydrogens is 466 g/mol. The van der Waals surface area contributed by atoms with E-state index in [-0.39, 0.29) is 11.3 Å². The number of likely N-dealkylation sites (tertiary alicyclic amines) is 1. The zero-order valence-corrected chi connectivity index (χ0v) is 20.5. The minimum Gasteiger partial charge on any atom is -0.505 e. The topological polar surface area (TPSA) is 84.1 Å². The second-order valence-corrected chi connectivity index (χ2v) is 8.87. The predicted octanol–water partition coefficient (Wildman–Crippen LogP) is 4.87. The molecule has 1 N–H and O–H groups in total. The molecule has 0 saturated carbocycles. The highest BCUT2D eigenvalue weighted by molar-refractivity contribution is 6.46. The number of Topliss-reactive ketones (excluding diaryl/α,β-unsaturated/α-hetero) is 1. The highest BCUT2D eigenvalue weighted by atomic mass is 16.5. The van der Waals surface area contributed by atoms with Crippen LogP contribution in [0.3, 0.4) is 0 Å². The second kappa shape index (κ2) is 10.1. The summed E-state index contributed by atoms with van der Waals surface area (Å²) < 4.78 is 7.33. The first-order chi connectivity index (χ1) is 18.0. The number of aliphatic hydroxyl groups excluding tert-OH is 1. The molecular formula is C30H27N3O4. The number of aliphatic hydroxyl groups is 1. The number of pyridine rings is 1. The van der Waals surface area contributed by atoms with Crippen LogP contribution in [0.5, 0.6) is 5.75 Å². The zero-order valence-electron chi connectivity index (χ0n) is 20.5. The van der Waals surface area contributed by atoms with Crippen molar-refractivity contribution in [1.82, 2.24) is 14.3 Å². The van der Waals surface area contributed by atoms with E-state index in [1.165, 1.54) is 0 Å². The van der Waals surface area contributed by atoms with E-state index in [0.717, 1.165) is 5.56 Å². The molecule has 4 aromatic rings. The minimum atomic E-state index is -0.758. The van der Waals surface area contributed by atoms with Gasteiger partial charge in [-0.1, -0.05) is 61.2 Å². The molecule has 0 aliphatic carbocycles. The van der Waals surface area contributed by atoms with Crippen LogP contribution in [0.25, 0.3) is 11.4 Å². The van der Waals surface area contributed by atoms with Gasteiger partial charge in [-0.25, -0.2) is 4.98 Å². The van der Waals surface area contributed by atoms with Gasteiger partial charge in [0.25, 0.3) is 11.7 Å². The summed E-state index contributed by atoms with van der Waals surface area (Å²) in [6.45, 7) is 6.12. The Morgan fingerprint density at radius 3 is 2.51 bits per heavy atom. The van der Waals surface area contributed by atoms with Gasteiger partial charge in [-0.05, 0) is 48.7 Å². The Kier molecular flexibility index (Phi) is 6.60. The summed E-state index contributed by atoms with van der Waals surface area (Å²) in [6.07, 6.45) is 4.00. The monoisotopic (exact) mass is 493 g/mol. The lowest BCUT2D eigenvalue weighted by Gasteiger charge is -2.25. The molecule has 0 spiro atoms. The maximum absolute atomic E-state index is 13.4. The summed E-state index contributed by atoms with van der Waals surface area (Å²) in [6, 6.07) is 21.7. The third kappa shape index (κ3) is 4.51. The van der Waals surface area contributed by atoms with Crippen LogP contribution in [0.4, 0.5) is 0 Å². The summed E-state index contributed by atoms with van der Waals surface area (Å²) in [7, 11) is 0. The highest BCUT2D eigenvalue weighted by Crippen LogP contribution is 2.40. The number of ether oxygens (including phenoxy) is 1. The van der Waals surface area contributed by atoms with Crippen LogP contribution in [0.1, 0.15) is 28.6 Å². The Hall–Kier alpha value is -4.65. The fraction of sp³-hybridized carbons (Fsp3) is 0.167. The van der Waals surface area contributed by atoms with Gasteiger partial charge in [-0.3, -0.25) is 14.0 Å². The van der Waals surface area contributed by atoms with Gasteiger partial charge >= 0.3 is 0 Å². The quantitative estimate of drug-likeness (QED) is 0.164. The number of carbonyl (C=O) groups is 2. The standard InChI is InChI=1S/C30H27N3O4/c1-3-19-37-23-14-12-22(13-15-23)27-25(28(34)26-20(2)31-24-11-7-8-17-32(24)26)29(35)30(36)33(27)18-16-21-9-5-4-6-10-21/h3-15,17,27,34H,1,16,18-19H2,2H3. The lowest BCUT2D eigenvalue weighted by molar-refractivity contribution is -0.139. The summed E-state index contributed by atoms with van der Waals surface area (Å²) in [5.41, 5.74) is 3.39. The Balaban J connectivity index is 1.61. The maximum Gasteiger partial charge on any atom is 0.295 e. The molecule has 186 valence electrons. The molecule has 2 aromatic heterocycles. The van der Waals surface area contributed by atoms with Crippen molar-refractivity contribution in [2.24, 2.45) is 0 Å². The van der Waals surface area contributed by atoms with Crippen molar-refractivity contribution in [3.8, 4) is 5.75 Å². The summed E-state index contributed by atoms with van der Waals surface area (Å²) >= 11 is 0. The lowest BCUT2D eigenvalue weighted by atomic mass is 9.96. The van der Waals surface area contributed by atoms with Gasteiger partial charge in [-0.15, -0.1) is 0 Å². The van der Waals surface area contributed by atoms with Crippen LogP contribution < -0.4 is 4.74 Å². The number of hydrogen-bond acceptors (Lipinski definition) is 5. The fourth-order valence-electron chi connectivity index (χ4n) is 4.78. The van der Waals surface area contributed by atoms with Crippen molar-refractivity contribution in [1.29, 1.82) is 0 Å². The van der Waals surface area contributed by atoms with Crippen LogP contribution in [0.15, 0.2) is 97.2 Å². The molecule has 7 heteroatoms. The highest BCUT2D eigenvalue weighted by Gasteiger charge is 2.46. The Labute approximate surface area is 215 Å². The number of fused-ring (bicyclic) bond motifs is 1. The molecule has 1 atom stereocenters. The summed E-state index contributed by atoms with van der Waals surface area (Å²) in [5.74, 6) is -0.954. The van der Waals surface area contributed by atoms with E-state index in [2.05, 4.69) is 11.6 Å². The zero-order chi connectivity index (χ0) is 25.9. The number of ketones is 1. The molecule has 1 unspecified atom stereocenters. The number of benzene rings is 2. The second-order valence-electron chi connectivity index (χ2n) is 8.87. The molecule has 1 saturated heterocycles. The van der Waals surface area contributed by atoms with E-state index in [1.807, 2.05) is 60.7 Å². The normalized spacial score (nSPS) is 16.9. The van der Waals surface area contributed by atoms with Crippen LogP contribution in [0, 0.1) is 6.92 Å². The molecule has 37 heavy (non-hydrogen) atoms. The SMILES string of the molecule is C=CCOc1ccc(C2C(=C(O)c3c(C)nc4ccccn34)C(=O)C(=O)N2CCc2ccccc2)cc1. The number of hydrogen-bond donors (Lipinski definition) is 1. The number of amides is 1. The van der Waals surface area contributed by atoms with E-state index in [9.17, 15) is 14.7 Å². The van der Waals surface area contributed by atoms with E-state index in [4.69, 9.17) is 4.74 Å². The average molecular weight is 494 g/mol. The van der Waals surface area contributed by atoms with Crippen molar-refractivity contribution in [2.75, 3.05) is 13.2 Å². The molecule has 1 aliphatic heterocycles. The Morgan fingerprint density at radius 2 is 1.78 bits per heavy atom. The third-order valence-corrected chi connectivity index (χ3v) is 6.52. The molecule has 1 aliphatic rings. The minimum absolute atomic E-state index is 0.0478. The van der Waals surface area contributed by atoms with E-state index in [1.54, 1.807) is 40.6 Å². The van der Waals surface area contributed by atoms with Crippen LogP contribution in [-0.4, -0.2) is 44.2 Å². The van der Waals surface area contributed by atoms with Gasteiger partial charge in [0.2, 0.25) is 0 Å². The first-order valence-electron chi connectivity index (χ1n) is 12.1. The molecule has 3 heterocycles. The van der Waals surface area contributed by atoms with Crippen molar-refractivity contribution < 1.29 is 19.4 Å². The fourth-order valence-corrected chi connectivity index (χ4v) is 4.78. The molecule has 5 rings (SSSR count). The smallest absolute Gasteiger partial charge is 0.295 e. The van der Waals surface area contributed by atoms with E-state index < -0.39 is 17.7 Å². The molecule has 0 radical (unpaired) electrons. The summed E-state index contributed by atoms with van der Waals surface area (Å²) in [5, 5.41) is 11.6. The van der Waals surface area contributed by atoms with Crippen molar-refractivity contribution in [2.45, 2.75) is 19.4 Å². The number of carbonyl (C=O) groups excluding carboxylic acids is 2. The van der Waals surface area contributed by atoms with E-state index >= 15 is 0 Å². The Morgan fingerprint density at radius 1 is 1.05 bits per heavy atom. The first-order valence-corrected chi connectivity index (χ1v) is 12.1. The molecule has 2 aromatic carbocycles. The van der Waals surface area contributed by atoms with Crippen LogP contribution in [-0.2, 0) is 16.0 Å². The van der Waals surface area contributed by atoms with Crippen LogP contribution >= 0.6 is 0 Å². The van der Waals surface area contributed by atoms with Gasteiger partial charge in [0, 0.05) is 12.7 Å². The van der Waals surface area contributed by atoms with Gasteiger partial charge in [0.15, 0.2) is 5.76 Å². The van der Waals surface area contributed by atoms with Crippen LogP contribution in [0.2, 0.25) is 0 Å². The maximum atomic E-state index is 13.4. The number of imidazole rings is 1. The van der Waals surface area contributed by atoms with Gasteiger partial charge in [0.05, 0.1) is 17.3 Å². The lowest BCUT2D eigenvalue weighted by Crippen LogP contribution is -2.31. The molecule has 1 amide bonds. The van der Waals surface area contributed by atoms with Gasteiger partial charge in [0.1, 0.15) is 23.7 Å². The predicted molar refractivity (Wildman–Crippen MR) is 141 cm³/mol. The first kappa shape index (κ1) is 24.1. The van der Waals surface area contributed by atoms with Gasteiger partial charge < -0.3 is 14.7 Å². The van der Waals surface area contributed by atoms with Gasteiger partial charge in [-0.2, -0.15) is 0 Å². The van der Waals surface area contributed by atoms with E-state index in [0.29, 0.717) is 47.9 Å². The van der Waals surface area contributed by atoms with Crippen molar-refractivity contribution >= 4 is 23.1 Å². The third-order valence-electron chi connectivity index (χ3n) is 6.52. The number of aromatic nitrogens is 2. The van der Waals surface area contributed by atoms with Crippen molar-refractivity contribution in [3.63, 3.8) is 0 Å². The largest absolute Gasteiger partial charge is 0.505 e. The van der Waals surface area contributed by atoms with Crippen molar-refractivity contribution in [3.05, 3.63) is 120 Å². The molecule has 0 bridgehead atoms. The molecule has 7 nitrogen and oxygen atoms in total. The summed E-state index contributed by atoms with van der Waals surface area (Å²) in [4.78, 5) is 32.8.